The van der Waals surface area contributed by atoms with Gasteiger partial charge in [0.1, 0.15) is 5.82 Å². The average molecular weight is 260 g/mol. The fourth-order valence-corrected chi connectivity index (χ4v) is 2.67. The minimum absolute atomic E-state index is 0.322. The maximum absolute atomic E-state index is 11.5. The van der Waals surface area contributed by atoms with E-state index in [-0.39, 0.29) is 5.97 Å². The van der Waals surface area contributed by atoms with Crippen molar-refractivity contribution in [2.45, 2.75) is 38.6 Å². The van der Waals surface area contributed by atoms with Crippen molar-refractivity contribution in [3.63, 3.8) is 0 Å². The number of rotatable bonds is 5. The molecule has 0 aliphatic heterocycles. The number of nitrogens with zero attached hydrogens (tertiary/aromatic N) is 1. The quantitative estimate of drug-likeness (QED) is 0.827. The molecule has 0 bridgehead atoms. The fourth-order valence-electron chi connectivity index (χ4n) is 2.67. The van der Waals surface area contributed by atoms with Crippen LogP contribution in [0.25, 0.3) is 0 Å². The molecule has 0 saturated heterocycles. The van der Waals surface area contributed by atoms with Gasteiger partial charge in [-0.1, -0.05) is 0 Å². The van der Waals surface area contributed by atoms with E-state index in [2.05, 4.69) is 10.3 Å². The number of hydrogen-bond donors (Lipinski definition) is 1. The molecule has 1 aromatic heterocycles. The summed E-state index contributed by atoms with van der Waals surface area (Å²) < 4.78 is 4.74. The zero-order valence-electron chi connectivity index (χ0n) is 11.5. The molecule has 1 N–H and O–H groups in total. The molecule has 0 spiro atoms. The third kappa shape index (κ3) is 2.72. The molecule has 2 fully saturated rings. The second kappa shape index (κ2) is 4.83. The predicted molar refractivity (Wildman–Crippen MR) is 73.2 cm³/mol. The molecule has 0 atom stereocenters. The van der Waals surface area contributed by atoms with E-state index < -0.39 is 0 Å². The van der Waals surface area contributed by atoms with E-state index in [1.165, 1.54) is 32.8 Å². The Morgan fingerprint density at radius 2 is 1.95 bits per heavy atom. The van der Waals surface area contributed by atoms with Crippen LogP contribution in [0.4, 0.5) is 5.82 Å². The Balaban J connectivity index is 1.74. The first-order chi connectivity index (χ1) is 9.19. The van der Waals surface area contributed by atoms with Gasteiger partial charge < -0.3 is 10.1 Å². The van der Waals surface area contributed by atoms with Gasteiger partial charge in [-0.25, -0.2) is 9.78 Å². The molecular formula is C15H20N2O2. The number of carbonyl (C=O) groups is 1. The van der Waals surface area contributed by atoms with Crippen LogP contribution in [-0.2, 0) is 4.74 Å². The number of methoxy groups -OCH3 is 1. The maximum Gasteiger partial charge on any atom is 0.339 e. The number of esters is 1. The van der Waals surface area contributed by atoms with Gasteiger partial charge in [0, 0.05) is 6.04 Å². The lowest BCUT2D eigenvalue weighted by atomic mass is 10.1. The van der Waals surface area contributed by atoms with E-state index in [1.54, 1.807) is 6.07 Å². The van der Waals surface area contributed by atoms with Gasteiger partial charge in [-0.3, -0.25) is 0 Å². The van der Waals surface area contributed by atoms with Crippen molar-refractivity contribution in [3.8, 4) is 0 Å². The van der Waals surface area contributed by atoms with Crippen LogP contribution in [0.2, 0.25) is 0 Å². The first-order valence-corrected chi connectivity index (χ1v) is 7.01. The van der Waals surface area contributed by atoms with Crippen LogP contribution >= 0.6 is 0 Å². The number of ether oxygens (including phenoxy) is 1. The molecule has 4 heteroatoms. The SMILES string of the molecule is COC(=O)c1ccc(NC(C2CC2)C2CC2)nc1C. The average Bonchev–Trinajstić information content (AvgIpc) is 3.28. The minimum Gasteiger partial charge on any atom is -0.465 e. The normalized spacial score (nSPS) is 18.5. The summed E-state index contributed by atoms with van der Waals surface area (Å²) in [4.78, 5) is 16.0. The molecule has 3 rings (SSSR count). The Bertz CT molecular complexity index is 481. The lowest BCUT2D eigenvalue weighted by molar-refractivity contribution is 0.0599. The summed E-state index contributed by atoms with van der Waals surface area (Å²) in [5, 5.41) is 3.56. The van der Waals surface area contributed by atoms with Crippen molar-refractivity contribution < 1.29 is 9.53 Å². The van der Waals surface area contributed by atoms with Crippen LogP contribution in [-0.4, -0.2) is 24.1 Å². The highest BCUT2D eigenvalue weighted by atomic mass is 16.5. The van der Waals surface area contributed by atoms with Crippen molar-refractivity contribution in [1.29, 1.82) is 0 Å². The molecule has 19 heavy (non-hydrogen) atoms. The molecule has 1 aromatic rings. The molecule has 0 radical (unpaired) electrons. The van der Waals surface area contributed by atoms with Gasteiger partial charge in [0.15, 0.2) is 0 Å². The lowest BCUT2D eigenvalue weighted by Crippen LogP contribution is -2.25. The molecule has 0 unspecified atom stereocenters. The van der Waals surface area contributed by atoms with Gasteiger partial charge in [-0.05, 0) is 56.6 Å². The summed E-state index contributed by atoms with van der Waals surface area (Å²) >= 11 is 0. The Morgan fingerprint density at radius 1 is 1.32 bits per heavy atom. The van der Waals surface area contributed by atoms with E-state index in [1.807, 2.05) is 13.0 Å². The molecule has 2 aliphatic rings. The standard InChI is InChI=1S/C15H20N2O2/c1-9-12(15(18)19-2)7-8-13(16-9)17-14(10-3-4-10)11-5-6-11/h7-8,10-11,14H,3-6H2,1-2H3,(H,16,17). The molecule has 2 aliphatic carbocycles. The van der Waals surface area contributed by atoms with Crippen LogP contribution in [0.1, 0.15) is 41.7 Å². The van der Waals surface area contributed by atoms with Gasteiger partial charge in [0.25, 0.3) is 0 Å². The van der Waals surface area contributed by atoms with Gasteiger partial charge in [-0.15, -0.1) is 0 Å². The van der Waals surface area contributed by atoms with Crippen LogP contribution < -0.4 is 5.32 Å². The fraction of sp³-hybridized carbons (Fsp3) is 0.600. The second-order valence-corrected chi connectivity index (χ2v) is 5.67. The summed E-state index contributed by atoms with van der Waals surface area (Å²) in [5.41, 5.74) is 1.27. The van der Waals surface area contributed by atoms with E-state index in [0.29, 0.717) is 11.6 Å². The van der Waals surface area contributed by atoms with Crippen LogP contribution in [0.3, 0.4) is 0 Å². The third-order valence-electron chi connectivity index (χ3n) is 4.07. The molecule has 102 valence electrons. The van der Waals surface area contributed by atoms with Gasteiger partial charge in [-0.2, -0.15) is 0 Å². The first-order valence-electron chi connectivity index (χ1n) is 7.01. The van der Waals surface area contributed by atoms with Gasteiger partial charge in [0.05, 0.1) is 18.4 Å². The molecular weight excluding hydrogens is 240 g/mol. The molecule has 0 aromatic carbocycles. The van der Waals surface area contributed by atoms with Gasteiger partial charge >= 0.3 is 5.97 Å². The van der Waals surface area contributed by atoms with Crippen molar-refractivity contribution in [3.05, 3.63) is 23.4 Å². The summed E-state index contributed by atoms with van der Waals surface area (Å²) in [6.45, 7) is 1.85. The number of carbonyl (C=O) groups excluding carboxylic acids is 1. The summed E-state index contributed by atoms with van der Waals surface area (Å²) in [6.07, 6.45) is 5.36. The van der Waals surface area contributed by atoms with Crippen molar-refractivity contribution >= 4 is 11.8 Å². The Morgan fingerprint density at radius 3 is 2.42 bits per heavy atom. The summed E-state index contributed by atoms with van der Waals surface area (Å²) in [6, 6.07) is 4.26. The smallest absolute Gasteiger partial charge is 0.339 e. The molecule has 1 heterocycles. The molecule has 2 saturated carbocycles. The highest BCUT2D eigenvalue weighted by Gasteiger charge is 2.41. The number of aryl methyl sites for hydroxylation is 1. The second-order valence-electron chi connectivity index (χ2n) is 5.67. The Labute approximate surface area is 113 Å². The third-order valence-corrected chi connectivity index (χ3v) is 4.07. The minimum atomic E-state index is -0.322. The molecule has 4 nitrogen and oxygen atoms in total. The van der Waals surface area contributed by atoms with E-state index in [9.17, 15) is 4.79 Å². The van der Waals surface area contributed by atoms with Crippen LogP contribution in [0, 0.1) is 18.8 Å². The number of hydrogen-bond acceptors (Lipinski definition) is 4. The Kier molecular flexibility index (Phi) is 3.17. The highest BCUT2D eigenvalue weighted by Crippen LogP contribution is 2.45. The summed E-state index contributed by atoms with van der Waals surface area (Å²) in [7, 11) is 1.39. The summed E-state index contributed by atoms with van der Waals surface area (Å²) in [5.74, 6) is 2.22. The monoisotopic (exact) mass is 260 g/mol. The molecule has 0 amide bonds. The van der Waals surface area contributed by atoms with Crippen molar-refractivity contribution in [2.24, 2.45) is 11.8 Å². The number of nitrogens with one attached hydrogen (secondary N) is 1. The topological polar surface area (TPSA) is 51.2 Å². The largest absolute Gasteiger partial charge is 0.465 e. The van der Waals surface area contributed by atoms with E-state index >= 15 is 0 Å². The Hall–Kier alpha value is -1.58. The predicted octanol–water partition coefficient (Wildman–Crippen LogP) is 2.78. The van der Waals surface area contributed by atoms with E-state index in [4.69, 9.17) is 4.74 Å². The maximum atomic E-state index is 11.5. The van der Waals surface area contributed by atoms with Gasteiger partial charge in [0.2, 0.25) is 0 Å². The zero-order valence-corrected chi connectivity index (χ0v) is 11.5. The van der Waals surface area contributed by atoms with Crippen LogP contribution in [0.5, 0.6) is 0 Å². The number of pyridine rings is 1. The van der Waals surface area contributed by atoms with Crippen molar-refractivity contribution in [1.82, 2.24) is 4.98 Å². The first kappa shape index (κ1) is 12.5. The van der Waals surface area contributed by atoms with E-state index in [0.717, 1.165) is 23.3 Å². The lowest BCUT2D eigenvalue weighted by Gasteiger charge is -2.18. The zero-order chi connectivity index (χ0) is 13.4. The van der Waals surface area contributed by atoms with Crippen molar-refractivity contribution in [2.75, 3.05) is 12.4 Å². The number of aromatic nitrogens is 1. The highest BCUT2D eigenvalue weighted by molar-refractivity contribution is 5.90. The number of anilines is 1. The van der Waals surface area contributed by atoms with Crippen LogP contribution in [0.15, 0.2) is 12.1 Å².